The Kier molecular flexibility index (Phi) is 4.67. The van der Waals surface area contributed by atoms with Crippen molar-refractivity contribution in [2.24, 2.45) is 0 Å². The highest BCUT2D eigenvalue weighted by atomic mass is 79.9. The van der Waals surface area contributed by atoms with Gasteiger partial charge in [0, 0.05) is 16.5 Å². The lowest BCUT2D eigenvalue weighted by molar-refractivity contribution is 0.165. The first-order chi connectivity index (χ1) is 7.19. The van der Waals surface area contributed by atoms with E-state index in [4.69, 9.17) is 11.2 Å². The lowest BCUT2D eigenvalue weighted by Gasteiger charge is -2.14. The Morgan fingerprint density at radius 3 is 2.93 bits per heavy atom. The number of aliphatic hydroxyl groups is 1. The average molecular weight is 269 g/mol. The molecule has 1 unspecified atom stereocenters. The van der Waals surface area contributed by atoms with Gasteiger partial charge >= 0.3 is 0 Å². The van der Waals surface area contributed by atoms with Crippen molar-refractivity contribution in [2.45, 2.75) is 18.9 Å². The molecule has 1 aromatic carbocycles. The third-order valence-corrected chi connectivity index (χ3v) is 2.61. The van der Waals surface area contributed by atoms with Crippen LogP contribution in [0.25, 0.3) is 0 Å². The lowest BCUT2D eigenvalue weighted by Crippen LogP contribution is -2.00. The molecule has 1 aromatic rings. The molecule has 15 heavy (non-hydrogen) atoms. The Morgan fingerprint density at radius 1 is 1.60 bits per heavy atom. The molecule has 0 aliphatic heterocycles. The van der Waals surface area contributed by atoms with Gasteiger partial charge in [-0.1, -0.05) is 15.9 Å². The number of ether oxygens (including phenoxy) is 1. The smallest absolute Gasteiger partial charge is 0.124 e. The Morgan fingerprint density at radius 2 is 2.33 bits per heavy atom. The topological polar surface area (TPSA) is 29.5 Å². The molecule has 80 valence electrons. The SMILES string of the molecule is C#CCCC(O)c1cc(Br)ccc1OC. The molecule has 0 aromatic heterocycles. The first-order valence-electron chi connectivity index (χ1n) is 4.64. The van der Waals surface area contributed by atoms with Crippen molar-refractivity contribution in [3.8, 4) is 18.1 Å². The van der Waals surface area contributed by atoms with E-state index in [2.05, 4.69) is 21.9 Å². The zero-order valence-electron chi connectivity index (χ0n) is 8.53. The number of rotatable bonds is 4. The van der Waals surface area contributed by atoms with E-state index < -0.39 is 6.10 Å². The van der Waals surface area contributed by atoms with Crippen LogP contribution in [0.3, 0.4) is 0 Å². The molecule has 0 spiro atoms. The molecule has 3 heteroatoms. The van der Waals surface area contributed by atoms with Gasteiger partial charge in [-0.05, 0) is 24.6 Å². The molecule has 1 rings (SSSR count). The molecule has 0 fully saturated rings. The summed E-state index contributed by atoms with van der Waals surface area (Å²) >= 11 is 3.35. The first kappa shape index (κ1) is 12.1. The van der Waals surface area contributed by atoms with Gasteiger partial charge in [0.25, 0.3) is 0 Å². The molecule has 0 heterocycles. The monoisotopic (exact) mass is 268 g/mol. The zero-order chi connectivity index (χ0) is 11.3. The predicted molar refractivity (Wildman–Crippen MR) is 63.7 cm³/mol. The fourth-order valence-corrected chi connectivity index (χ4v) is 1.72. The molecule has 0 aliphatic carbocycles. The molecule has 0 saturated heterocycles. The summed E-state index contributed by atoms with van der Waals surface area (Å²) < 4.78 is 6.08. The van der Waals surface area contributed by atoms with Gasteiger partial charge in [0.2, 0.25) is 0 Å². The maximum atomic E-state index is 9.89. The van der Waals surface area contributed by atoms with E-state index in [0.717, 1.165) is 10.0 Å². The van der Waals surface area contributed by atoms with Crippen molar-refractivity contribution in [3.63, 3.8) is 0 Å². The second-order valence-electron chi connectivity index (χ2n) is 3.14. The van der Waals surface area contributed by atoms with Crippen LogP contribution in [0.2, 0.25) is 0 Å². The van der Waals surface area contributed by atoms with Crippen LogP contribution in [0, 0.1) is 12.3 Å². The van der Waals surface area contributed by atoms with Gasteiger partial charge in [-0.15, -0.1) is 12.3 Å². The summed E-state index contributed by atoms with van der Waals surface area (Å²) in [5.74, 6) is 3.19. The lowest BCUT2D eigenvalue weighted by atomic mass is 10.0. The van der Waals surface area contributed by atoms with Crippen LogP contribution >= 0.6 is 15.9 Å². The number of halogens is 1. The highest BCUT2D eigenvalue weighted by Crippen LogP contribution is 2.30. The van der Waals surface area contributed by atoms with Gasteiger partial charge in [0.05, 0.1) is 13.2 Å². The minimum atomic E-state index is -0.575. The van der Waals surface area contributed by atoms with E-state index >= 15 is 0 Å². The number of methoxy groups -OCH3 is 1. The van der Waals surface area contributed by atoms with E-state index in [9.17, 15) is 5.11 Å². The van der Waals surface area contributed by atoms with Gasteiger partial charge in [-0.3, -0.25) is 0 Å². The molecule has 1 atom stereocenters. The van der Waals surface area contributed by atoms with Crippen molar-refractivity contribution >= 4 is 15.9 Å². The van der Waals surface area contributed by atoms with Crippen molar-refractivity contribution in [3.05, 3.63) is 28.2 Å². The van der Waals surface area contributed by atoms with Gasteiger partial charge in [0.15, 0.2) is 0 Å². The third kappa shape index (κ3) is 3.26. The number of benzene rings is 1. The quantitative estimate of drug-likeness (QED) is 0.851. The molecular formula is C12H13BrO2. The Balaban J connectivity index is 2.90. The number of hydrogen-bond donors (Lipinski definition) is 1. The van der Waals surface area contributed by atoms with Crippen LogP contribution in [0.15, 0.2) is 22.7 Å². The van der Waals surface area contributed by atoms with Crippen LogP contribution in [0.1, 0.15) is 24.5 Å². The van der Waals surface area contributed by atoms with E-state index in [1.165, 1.54) is 0 Å². The number of aliphatic hydroxyl groups excluding tert-OH is 1. The van der Waals surface area contributed by atoms with Crippen molar-refractivity contribution in [2.75, 3.05) is 7.11 Å². The summed E-state index contributed by atoms with van der Waals surface area (Å²) in [5.41, 5.74) is 0.766. The fourth-order valence-electron chi connectivity index (χ4n) is 1.34. The summed E-state index contributed by atoms with van der Waals surface area (Å²) in [7, 11) is 1.58. The normalized spacial score (nSPS) is 11.9. The van der Waals surface area contributed by atoms with E-state index in [1.807, 2.05) is 18.2 Å². The summed E-state index contributed by atoms with van der Waals surface area (Å²) in [6.45, 7) is 0. The van der Waals surface area contributed by atoms with Crippen molar-refractivity contribution in [1.29, 1.82) is 0 Å². The summed E-state index contributed by atoms with van der Waals surface area (Å²) in [4.78, 5) is 0. The Hall–Kier alpha value is -0.980. The fraction of sp³-hybridized carbons (Fsp3) is 0.333. The summed E-state index contributed by atoms with van der Waals surface area (Å²) in [5, 5.41) is 9.89. The second-order valence-corrected chi connectivity index (χ2v) is 4.06. The van der Waals surface area contributed by atoms with E-state index in [1.54, 1.807) is 7.11 Å². The van der Waals surface area contributed by atoms with Crippen molar-refractivity contribution in [1.82, 2.24) is 0 Å². The van der Waals surface area contributed by atoms with Gasteiger partial charge < -0.3 is 9.84 Å². The molecule has 0 bridgehead atoms. The maximum Gasteiger partial charge on any atom is 0.124 e. The van der Waals surface area contributed by atoms with Crippen LogP contribution in [0.4, 0.5) is 0 Å². The van der Waals surface area contributed by atoms with E-state index in [0.29, 0.717) is 18.6 Å². The van der Waals surface area contributed by atoms with Gasteiger partial charge in [-0.2, -0.15) is 0 Å². The van der Waals surface area contributed by atoms with Crippen LogP contribution in [-0.2, 0) is 0 Å². The minimum absolute atomic E-state index is 0.545. The van der Waals surface area contributed by atoms with Crippen LogP contribution < -0.4 is 4.74 Å². The van der Waals surface area contributed by atoms with Gasteiger partial charge in [-0.25, -0.2) is 0 Å². The molecule has 0 saturated carbocycles. The Labute approximate surface area is 98.4 Å². The minimum Gasteiger partial charge on any atom is -0.496 e. The Bertz CT molecular complexity index is 368. The average Bonchev–Trinajstić information content (AvgIpc) is 2.25. The standard InChI is InChI=1S/C12H13BrO2/c1-3-4-5-11(14)10-8-9(13)6-7-12(10)15-2/h1,6-8,11,14H,4-5H2,2H3. The zero-order valence-corrected chi connectivity index (χ0v) is 10.1. The molecule has 0 radical (unpaired) electrons. The number of hydrogen-bond acceptors (Lipinski definition) is 2. The predicted octanol–water partition coefficient (Wildman–Crippen LogP) is 2.90. The van der Waals surface area contributed by atoms with E-state index in [-0.39, 0.29) is 0 Å². The molecular weight excluding hydrogens is 256 g/mol. The van der Waals surface area contributed by atoms with Crippen LogP contribution in [0.5, 0.6) is 5.75 Å². The summed E-state index contributed by atoms with van der Waals surface area (Å²) in [6.07, 6.45) is 5.68. The maximum absolute atomic E-state index is 9.89. The molecule has 1 N–H and O–H groups in total. The summed E-state index contributed by atoms with van der Waals surface area (Å²) in [6, 6.07) is 5.54. The molecule has 2 nitrogen and oxygen atoms in total. The molecule has 0 aliphatic rings. The van der Waals surface area contributed by atoms with Crippen molar-refractivity contribution < 1.29 is 9.84 Å². The van der Waals surface area contributed by atoms with Crippen LogP contribution in [-0.4, -0.2) is 12.2 Å². The first-order valence-corrected chi connectivity index (χ1v) is 5.43. The van der Waals surface area contributed by atoms with Gasteiger partial charge in [0.1, 0.15) is 5.75 Å². The highest BCUT2D eigenvalue weighted by Gasteiger charge is 2.12. The second kappa shape index (κ2) is 5.79. The molecule has 0 amide bonds. The highest BCUT2D eigenvalue weighted by molar-refractivity contribution is 9.10. The number of terminal acetylenes is 1. The third-order valence-electron chi connectivity index (χ3n) is 2.11. The largest absolute Gasteiger partial charge is 0.496 e.